The van der Waals surface area contributed by atoms with Gasteiger partial charge in [-0.05, 0) is 42.5 Å². The van der Waals surface area contributed by atoms with Crippen LogP contribution in [0.3, 0.4) is 0 Å². The first kappa shape index (κ1) is 21.4. The highest BCUT2D eigenvalue weighted by Crippen LogP contribution is 2.19. The molecule has 1 unspecified atom stereocenters. The topological polar surface area (TPSA) is 75.7 Å². The number of benzene rings is 2. The molecule has 164 valence electrons. The van der Waals surface area contributed by atoms with Crippen LogP contribution >= 0.6 is 0 Å². The second-order valence-electron chi connectivity index (χ2n) is 8.16. The van der Waals surface area contributed by atoms with Crippen molar-refractivity contribution < 1.29 is 5.11 Å². The quantitative estimate of drug-likeness (QED) is 0.335. The Hall–Kier alpha value is -2.83. The number of aliphatic hydroxyl groups is 1. The van der Waals surface area contributed by atoms with Crippen LogP contribution in [0.5, 0.6) is 0 Å². The number of hydrogen-bond acceptors (Lipinski definition) is 3. The van der Waals surface area contributed by atoms with Crippen molar-refractivity contribution >= 4 is 16.9 Å². The van der Waals surface area contributed by atoms with Crippen molar-refractivity contribution in [2.75, 3.05) is 32.7 Å². The van der Waals surface area contributed by atoms with Crippen molar-refractivity contribution in [3.8, 4) is 0 Å². The standard InChI is InChI=1S/C25H33N5O/c1-2-26-25(27-13-11-20-15-28-24-10-6-5-9-23(20)24)29-16-22(31)18-30-14-12-19-7-3-4-8-21(19)17-30/h3-10,15,22,28,31H,2,11-14,16-18H2,1H3,(H2,26,27,29). The number of fused-ring (bicyclic) bond motifs is 2. The molecular weight excluding hydrogens is 386 g/mol. The molecule has 1 aliphatic heterocycles. The summed E-state index contributed by atoms with van der Waals surface area (Å²) in [5, 5.41) is 18.5. The Labute approximate surface area is 184 Å². The summed E-state index contributed by atoms with van der Waals surface area (Å²) in [5.41, 5.74) is 5.27. The van der Waals surface area contributed by atoms with E-state index in [1.165, 1.54) is 27.6 Å². The maximum absolute atomic E-state index is 10.6. The van der Waals surface area contributed by atoms with Crippen LogP contribution in [0, 0.1) is 0 Å². The predicted octanol–water partition coefficient (Wildman–Crippen LogP) is 2.68. The summed E-state index contributed by atoms with van der Waals surface area (Å²) in [6, 6.07) is 17.0. The molecule has 2 heterocycles. The summed E-state index contributed by atoms with van der Waals surface area (Å²) in [4.78, 5) is 10.3. The first-order chi connectivity index (χ1) is 15.2. The molecule has 6 heteroatoms. The fourth-order valence-corrected chi connectivity index (χ4v) is 4.26. The van der Waals surface area contributed by atoms with Crippen molar-refractivity contribution in [1.29, 1.82) is 0 Å². The molecule has 1 aliphatic rings. The summed E-state index contributed by atoms with van der Waals surface area (Å²) in [7, 11) is 0. The minimum atomic E-state index is -0.477. The third-order valence-electron chi connectivity index (χ3n) is 5.84. The van der Waals surface area contributed by atoms with E-state index in [4.69, 9.17) is 0 Å². The number of rotatable bonds is 8. The normalized spacial score (nSPS) is 15.6. The molecule has 0 aliphatic carbocycles. The van der Waals surface area contributed by atoms with Gasteiger partial charge in [-0.2, -0.15) is 0 Å². The molecule has 0 saturated carbocycles. The Morgan fingerprint density at radius 3 is 2.81 bits per heavy atom. The molecule has 1 atom stereocenters. The van der Waals surface area contributed by atoms with Gasteiger partial charge in [-0.15, -0.1) is 0 Å². The van der Waals surface area contributed by atoms with Crippen LogP contribution in [0.4, 0.5) is 0 Å². The van der Waals surface area contributed by atoms with Crippen LogP contribution in [0.2, 0.25) is 0 Å². The van der Waals surface area contributed by atoms with E-state index in [2.05, 4.69) is 81.1 Å². The molecule has 6 nitrogen and oxygen atoms in total. The van der Waals surface area contributed by atoms with Gasteiger partial charge in [-0.25, -0.2) is 0 Å². The second-order valence-corrected chi connectivity index (χ2v) is 8.16. The number of β-amino-alcohol motifs (C(OH)–C–C–N with tert-alkyl or cyclic N) is 1. The van der Waals surface area contributed by atoms with Gasteiger partial charge in [-0.1, -0.05) is 42.5 Å². The van der Waals surface area contributed by atoms with Crippen molar-refractivity contribution in [3.05, 3.63) is 71.4 Å². The molecule has 31 heavy (non-hydrogen) atoms. The molecule has 0 bridgehead atoms. The van der Waals surface area contributed by atoms with Crippen LogP contribution in [0.15, 0.2) is 59.7 Å². The van der Waals surface area contributed by atoms with Crippen LogP contribution in [-0.4, -0.2) is 59.8 Å². The average molecular weight is 420 g/mol. The van der Waals surface area contributed by atoms with E-state index < -0.39 is 6.10 Å². The highest BCUT2D eigenvalue weighted by molar-refractivity contribution is 5.83. The van der Waals surface area contributed by atoms with Gasteiger partial charge in [-0.3, -0.25) is 9.89 Å². The molecule has 0 saturated heterocycles. The molecule has 0 amide bonds. The van der Waals surface area contributed by atoms with E-state index in [1.54, 1.807) is 0 Å². The summed E-state index contributed by atoms with van der Waals surface area (Å²) in [5.74, 6) is 0.755. The number of guanidine groups is 1. The number of nitrogens with zero attached hydrogens (tertiary/aromatic N) is 2. The largest absolute Gasteiger partial charge is 0.390 e. The van der Waals surface area contributed by atoms with Gasteiger partial charge in [0.2, 0.25) is 0 Å². The van der Waals surface area contributed by atoms with E-state index in [1.807, 2.05) is 6.07 Å². The number of aliphatic hydroxyl groups excluding tert-OH is 1. The molecule has 4 N–H and O–H groups in total. The minimum Gasteiger partial charge on any atom is -0.390 e. The lowest BCUT2D eigenvalue weighted by Crippen LogP contribution is -2.40. The van der Waals surface area contributed by atoms with Crippen molar-refractivity contribution in [1.82, 2.24) is 20.5 Å². The lowest BCUT2D eigenvalue weighted by Gasteiger charge is -2.30. The van der Waals surface area contributed by atoms with E-state index in [-0.39, 0.29) is 0 Å². The first-order valence-corrected chi connectivity index (χ1v) is 11.3. The highest BCUT2D eigenvalue weighted by Gasteiger charge is 2.18. The second kappa shape index (κ2) is 10.5. The van der Waals surface area contributed by atoms with E-state index in [9.17, 15) is 5.11 Å². The Kier molecular flexibility index (Phi) is 7.22. The van der Waals surface area contributed by atoms with E-state index in [0.717, 1.165) is 45.0 Å². The predicted molar refractivity (Wildman–Crippen MR) is 127 cm³/mol. The average Bonchev–Trinajstić information content (AvgIpc) is 3.20. The van der Waals surface area contributed by atoms with Crippen LogP contribution in [-0.2, 0) is 19.4 Å². The van der Waals surface area contributed by atoms with Crippen molar-refractivity contribution in [2.45, 2.75) is 32.4 Å². The molecule has 2 aromatic carbocycles. The van der Waals surface area contributed by atoms with E-state index >= 15 is 0 Å². The monoisotopic (exact) mass is 419 g/mol. The molecule has 0 radical (unpaired) electrons. The maximum Gasteiger partial charge on any atom is 0.191 e. The Morgan fingerprint density at radius 1 is 1.13 bits per heavy atom. The Morgan fingerprint density at radius 2 is 1.94 bits per heavy atom. The molecule has 1 aromatic heterocycles. The number of aromatic amines is 1. The smallest absolute Gasteiger partial charge is 0.191 e. The highest BCUT2D eigenvalue weighted by atomic mass is 16.3. The SMILES string of the molecule is CCNC(=NCC(O)CN1CCc2ccccc2C1)NCCc1c[nH]c2ccccc12. The summed E-state index contributed by atoms with van der Waals surface area (Å²) >= 11 is 0. The van der Waals surface area contributed by atoms with Crippen LogP contribution < -0.4 is 10.6 Å². The van der Waals surface area contributed by atoms with Crippen molar-refractivity contribution in [3.63, 3.8) is 0 Å². The molecular formula is C25H33N5O. The number of nitrogens with one attached hydrogen (secondary N) is 3. The summed E-state index contributed by atoms with van der Waals surface area (Å²) in [6.07, 6.45) is 3.56. The third kappa shape index (κ3) is 5.66. The lowest BCUT2D eigenvalue weighted by molar-refractivity contribution is 0.111. The van der Waals surface area contributed by atoms with Gasteiger partial charge in [0, 0.05) is 49.8 Å². The van der Waals surface area contributed by atoms with Gasteiger partial charge >= 0.3 is 0 Å². The number of aromatic nitrogens is 1. The van der Waals surface area contributed by atoms with Gasteiger partial charge in [0.1, 0.15) is 0 Å². The van der Waals surface area contributed by atoms with E-state index in [0.29, 0.717) is 13.1 Å². The molecule has 3 aromatic rings. The lowest BCUT2D eigenvalue weighted by atomic mass is 10.00. The maximum atomic E-state index is 10.6. The molecule has 0 fully saturated rings. The zero-order chi connectivity index (χ0) is 21.5. The Balaban J connectivity index is 1.26. The molecule has 0 spiro atoms. The number of aliphatic imine (C=N–C) groups is 1. The van der Waals surface area contributed by atoms with Gasteiger partial charge < -0.3 is 20.7 Å². The number of hydrogen-bond donors (Lipinski definition) is 4. The first-order valence-electron chi connectivity index (χ1n) is 11.3. The zero-order valence-electron chi connectivity index (χ0n) is 18.3. The summed E-state index contributed by atoms with van der Waals surface area (Å²) in [6.45, 7) is 6.55. The molecule has 4 rings (SSSR count). The van der Waals surface area contributed by atoms with Gasteiger partial charge in [0.05, 0.1) is 12.6 Å². The van der Waals surface area contributed by atoms with Crippen LogP contribution in [0.25, 0.3) is 10.9 Å². The fourth-order valence-electron chi connectivity index (χ4n) is 4.26. The van der Waals surface area contributed by atoms with Gasteiger partial charge in [0.15, 0.2) is 5.96 Å². The third-order valence-corrected chi connectivity index (χ3v) is 5.84. The number of H-pyrrole nitrogens is 1. The fraction of sp³-hybridized carbons (Fsp3) is 0.400. The van der Waals surface area contributed by atoms with Gasteiger partial charge in [0.25, 0.3) is 0 Å². The number of para-hydroxylation sites is 1. The van der Waals surface area contributed by atoms with Crippen molar-refractivity contribution in [2.24, 2.45) is 4.99 Å². The summed E-state index contributed by atoms with van der Waals surface area (Å²) < 4.78 is 0. The zero-order valence-corrected chi connectivity index (χ0v) is 18.3. The van der Waals surface area contributed by atoms with Crippen LogP contribution in [0.1, 0.15) is 23.6 Å². The minimum absolute atomic E-state index is 0.389. The Bertz CT molecular complexity index is 1010.